The van der Waals surface area contributed by atoms with Crippen LogP contribution in [0.1, 0.15) is 35.1 Å². The van der Waals surface area contributed by atoms with E-state index in [0.29, 0.717) is 17.8 Å². The molecule has 5 nitrogen and oxygen atoms in total. The molecule has 0 aromatic carbocycles. The van der Waals surface area contributed by atoms with E-state index in [-0.39, 0.29) is 5.78 Å². The number of pyridine rings is 1. The van der Waals surface area contributed by atoms with E-state index in [9.17, 15) is 4.79 Å². The van der Waals surface area contributed by atoms with Crippen molar-refractivity contribution in [2.75, 3.05) is 0 Å². The summed E-state index contributed by atoms with van der Waals surface area (Å²) in [6.45, 7) is 4.61. The van der Waals surface area contributed by atoms with Crippen LogP contribution in [-0.2, 0) is 6.54 Å². The summed E-state index contributed by atoms with van der Waals surface area (Å²) in [5.41, 5.74) is 1.97. The van der Waals surface area contributed by atoms with Crippen molar-refractivity contribution in [2.24, 2.45) is 0 Å². The Balaban J connectivity index is 2.30. The summed E-state index contributed by atoms with van der Waals surface area (Å²) in [6.07, 6.45) is 3.99. The fraction of sp³-hybridized carbons (Fsp3) is 0.333. The van der Waals surface area contributed by atoms with Gasteiger partial charge in [0.25, 0.3) is 0 Å². The van der Waals surface area contributed by atoms with Crippen LogP contribution in [0.2, 0.25) is 0 Å². The minimum absolute atomic E-state index is 0.0871. The molecule has 0 aliphatic rings. The lowest BCUT2D eigenvalue weighted by Gasteiger charge is -2.03. The molecule has 2 rings (SSSR count). The van der Waals surface area contributed by atoms with Crippen molar-refractivity contribution in [3.8, 4) is 0 Å². The highest BCUT2D eigenvalue weighted by Gasteiger charge is 2.15. The molecule has 0 atom stereocenters. The van der Waals surface area contributed by atoms with Crippen LogP contribution in [0.4, 0.5) is 0 Å². The Morgan fingerprint density at radius 3 is 2.82 bits per heavy atom. The average molecular weight is 230 g/mol. The van der Waals surface area contributed by atoms with Crippen LogP contribution in [0, 0.1) is 6.92 Å². The fourth-order valence-electron chi connectivity index (χ4n) is 1.56. The Bertz CT molecular complexity index is 516. The number of carbonyl (C=O) groups excluding carboxylic acids is 1. The van der Waals surface area contributed by atoms with Crippen molar-refractivity contribution in [2.45, 2.75) is 26.8 Å². The molecule has 2 aromatic rings. The minimum Gasteiger partial charge on any atom is -0.287 e. The number of aromatic nitrogens is 4. The second kappa shape index (κ2) is 4.86. The van der Waals surface area contributed by atoms with Crippen LogP contribution < -0.4 is 0 Å². The van der Waals surface area contributed by atoms with Gasteiger partial charge in [0.1, 0.15) is 5.69 Å². The van der Waals surface area contributed by atoms with Gasteiger partial charge in [0.05, 0.1) is 6.20 Å². The van der Waals surface area contributed by atoms with E-state index in [0.717, 1.165) is 12.1 Å². The number of aryl methyl sites for hydroxylation is 2. The van der Waals surface area contributed by atoms with Crippen LogP contribution in [0.5, 0.6) is 0 Å². The number of rotatable bonds is 4. The lowest BCUT2D eigenvalue weighted by Crippen LogP contribution is -2.11. The molecule has 0 N–H and O–H groups in total. The van der Waals surface area contributed by atoms with Gasteiger partial charge in [0.15, 0.2) is 0 Å². The molecular weight excluding hydrogens is 216 g/mol. The second-order valence-corrected chi connectivity index (χ2v) is 3.86. The van der Waals surface area contributed by atoms with E-state index in [4.69, 9.17) is 0 Å². The molecule has 0 spiro atoms. The Hall–Kier alpha value is -2.04. The van der Waals surface area contributed by atoms with Crippen molar-refractivity contribution < 1.29 is 4.79 Å². The first-order valence-corrected chi connectivity index (χ1v) is 5.58. The summed E-state index contributed by atoms with van der Waals surface area (Å²) in [5.74, 6) is -0.0871. The number of nitrogens with zero attached hydrogens (tertiary/aromatic N) is 4. The van der Waals surface area contributed by atoms with E-state index in [1.54, 1.807) is 16.9 Å². The standard InChI is InChI=1S/C12H14N4O/c1-3-6-16-11(8-14-15-16)12(17)10-5-4-9(2)13-7-10/h4-5,7-8H,3,6H2,1-2H3. The van der Waals surface area contributed by atoms with Crippen molar-refractivity contribution in [3.05, 3.63) is 41.5 Å². The van der Waals surface area contributed by atoms with Gasteiger partial charge in [-0.25, -0.2) is 4.68 Å². The van der Waals surface area contributed by atoms with Gasteiger partial charge in [-0.2, -0.15) is 0 Å². The summed E-state index contributed by atoms with van der Waals surface area (Å²) in [7, 11) is 0. The van der Waals surface area contributed by atoms with Gasteiger partial charge >= 0.3 is 0 Å². The van der Waals surface area contributed by atoms with Crippen LogP contribution in [-0.4, -0.2) is 25.8 Å². The molecule has 2 aromatic heterocycles. The molecule has 0 fully saturated rings. The molecule has 0 amide bonds. The van der Waals surface area contributed by atoms with Gasteiger partial charge in [-0.3, -0.25) is 9.78 Å². The van der Waals surface area contributed by atoms with Crippen molar-refractivity contribution in [1.82, 2.24) is 20.0 Å². The summed E-state index contributed by atoms with van der Waals surface area (Å²) in [4.78, 5) is 16.3. The van der Waals surface area contributed by atoms with Gasteiger partial charge < -0.3 is 0 Å². The quantitative estimate of drug-likeness (QED) is 0.749. The Morgan fingerprint density at radius 1 is 1.35 bits per heavy atom. The highest BCUT2D eigenvalue weighted by Crippen LogP contribution is 2.08. The van der Waals surface area contributed by atoms with Gasteiger partial charge in [-0.15, -0.1) is 5.10 Å². The highest BCUT2D eigenvalue weighted by atomic mass is 16.1. The second-order valence-electron chi connectivity index (χ2n) is 3.86. The van der Waals surface area contributed by atoms with E-state index in [2.05, 4.69) is 15.3 Å². The van der Waals surface area contributed by atoms with E-state index in [1.165, 1.54) is 6.20 Å². The highest BCUT2D eigenvalue weighted by molar-refractivity contribution is 6.07. The third kappa shape index (κ3) is 2.38. The molecule has 0 saturated heterocycles. The summed E-state index contributed by atoms with van der Waals surface area (Å²) >= 11 is 0. The van der Waals surface area contributed by atoms with Gasteiger partial charge in [-0.1, -0.05) is 12.1 Å². The predicted octanol–water partition coefficient (Wildman–Crippen LogP) is 1.62. The monoisotopic (exact) mass is 230 g/mol. The van der Waals surface area contributed by atoms with Crippen molar-refractivity contribution in [3.63, 3.8) is 0 Å². The fourth-order valence-corrected chi connectivity index (χ4v) is 1.56. The molecular formula is C12H14N4O. The smallest absolute Gasteiger partial charge is 0.214 e. The lowest BCUT2D eigenvalue weighted by atomic mass is 10.1. The molecule has 2 heterocycles. The number of carbonyl (C=O) groups is 1. The first-order valence-electron chi connectivity index (χ1n) is 5.58. The van der Waals surface area contributed by atoms with Crippen molar-refractivity contribution >= 4 is 5.78 Å². The van der Waals surface area contributed by atoms with Crippen LogP contribution in [0.25, 0.3) is 0 Å². The first-order chi connectivity index (χ1) is 8.22. The maximum absolute atomic E-state index is 12.2. The zero-order valence-corrected chi connectivity index (χ0v) is 9.92. The van der Waals surface area contributed by atoms with Crippen LogP contribution in [0.3, 0.4) is 0 Å². The normalized spacial score (nSPS) is 10.5. The van der Waals surface area contributed by atoms with Crippen LogP contribution in [0.15, 0.2) is 24.5 Å². The Kier molecular flexibility index (Phi) is 3.27. The third-order valence-corrected chi connectivity index (χ3v) is 2.46. The summed E-state index contributed by atoms with van der Waals surface area (Å²) in [5, 5.41) is 7.67. The van der Waals surface area contributed by atoms with Gasteiger partial charge in [-0.05, 0) is 25.5 Å². The lowest BCUT2D eigenvalue weighted by molar-refractivity contribution is 0.102. The SMILES string of the molecule is CCCn1nncc1C(=O)c1ccc(C)nc1. The molecule has 0 saturated carbocycles. The van der Waals surface area contributed by atoms with Gasteiger partial charge in [0.2, 0.25) is 5.78 Å². The van der Waals surface area contributed by atoms with E-state index >= 15 is 0 Å². The van der Waals surface area contributed by atoms with E-state index < -0.39 is 0 Å². The van der Waals surface area contributed by atoms with Crippen molar-refractivity contribution in [1.29, 1.82) is 0 Å². The summed E-state index contributed by atoms with van der Waals surface area (Å²) in [6, 6.07) is 3.59. The third-order valence-electron chi connectivity index (χ3n) is 2.46. The number of hydrogen-bond donors (Lipinski definition) is 0. The minimum atomic E-state index is -0.0871. The Labute approximate surface area is 99.5 Å². The largest absolute Gasteiger partial charge is 0.287 e. The van der Waals surface area contributed by atoms with Gasteiger partial charge in [0, 0.05) is 24.0 Å². The molecule has 0 radical (unpaired) electrons. The zero-order valence-electron chi connectivity index (χ0n) is 9.92. The molecule has 0 bridgehead atoms. The van der Waals surface area contributed by atoms with E-state index in [1.807, 2.05) is 19.9 Å². The predicted molar refractivity (Wildman–Crippen MR) is 62.7 cm³/mol. The molecule has 5 heteroatoms. The van der Waals surface area contributed by atoms with Crippen LogP contribution >= 0.6 is 0 Å². The maximum atomic E-state index is 12.2. The number of hydrogen-bond acceptors (Lipinski definition) is 4. The molecule has 0 aliphatic heterocycles. The Morgan fingerprint density at radius 2 is 2.18 bits per heavy atom. The maximum Gasteiger partial charge on any atom is 0.214 e. The molecule has 0 aliphatic carbocycles. The first kappa shape index (κ1) is 11.4. The topological polar surface area (TPSA) is 60.7 Å². The summed E-state index contributed by atoms with van der Waals surface area (Å²) < 4.78 is 1.63. The average Bonchev–Trinajstić information content (AvgIpc) is 2.78. The molecule has 88 valence electrons. The zero-order chi connectivity index (χ0) is 12.3. The molecule has 17 heavy (non-hydrogen) atoms. The number of ketones is 1. The molecule has 0 unspecified atom stereocenters.